The Morgan fingerprint density at radius 3 is 2.69 bits per heavy atom. The minimum atomic E-state index is -0.337. The molecule has 0 bridgehead atoms. The maximum atomic E-state index is 12.8. The number of carbonyl (C=O) groups excluding carboxylic acids is 2. The molecule has 0 saturated carbocycles. The monoisotopic (exact) mass is 353 g/mol. The van der Waals surface area contributed by atoms with Crippen LogP contribution >= 0.6 is 0 Å². The molecule has 1 N–H and O–H groups in total. The number of nitrogens with zero attached hydrogens (tertiary/aromatic N) is 3. The quantitative estimate of drug-likeness (QED) is 0.916. The van der Waals surface area contributed by atoms with Gasteiger partial charge in [0, 0.05) is 38.3 Å². The summed E-state index contributed by atoms with van der Waals surface area (Å²) in [5, 5.41) is 9.92. The Morgan fingerprint density at radius 1 is 1.23 bits per heavy atom. The third-order valence-electron chi connectivity index (χ3n) is 4.73. The fourth-order valence-electron chi connectivity index (χ4n) is 3.26. The van der Waals surface area contributed by atoms with E-state index in [9.17, 15) is 14.7 Å². The molecular weight excluding hydrogens is 330 g/mol. The van der Waals surface area contributed by atoms with Gasteiger partial charge >= 0.3 is 0 Å². The van der Waals surface area contributed by atoms with Crippen LogP contribution in [0.3, 0.4) is 0 Å². The first-order valence-electron chi connectivity index (χ1n) is 8.86. The highest BCUT2D eigenvalue weighted by molar-refractivity contribution is 5.95. The van der Waals surface area contributed by atoms with E-state index in [1.807, 2.05) is 42.2 Å². The van der Waals surface area contributed by atoms with E-state index >= 15 is 0 Å². The normalized spacial score (nSPS) is 17.9. The number of pyridine rings is 1. The summed E-state index contributed by atoms with van der Waals surface area (Å²) in [6.45, 7) is 3.32. The van der Waals surface area contributed by atoms with Crippen LogP contribution in [0.15, 0.2) is 48.7 Å². The largest absolute Gasteiger partial charge is 0.505 e. The van der Waals surface area contributed by atoms with Gasteiger partial charge < -0.3 is 14.9 Å². The van der Waals surface area contributed by atoms with Crippen LogP contribution in [0, 0.1) is 0 Å². The van der Waals surface area contributed by atoms with Crippen LogP contribution in [0.4, 0.5) is 0 Å². The van der Waals surface area contributed by atoms with Crippen molar-refractivity contribution in [3.05, 3.63) is 59.9 Å². The molecule has 26 heavy (non-hydrogen) atoms. The molecule has 0 radical (unpaired) electrons. The average Bonchev–Trinajstić information content (AvgIpc) is 2.82. The van der Waals surface area contributed by atoms with E-state index in [4.69, 9.17) is 0 Å². The van der Waals surface area contributed by atoms with E-state index in [0.717, 1.165) is 12.0 Å². The van der Waals surface area contributed by atoms with Gasteiger partial charge in [-0.2, -0.15) is 0 Å². The van der Waals surface area contributed by atoms with Gasteiger partial charge in [0.2, 0.25) is 5.91 Å². The predicted molar refractivity (Wildman–Crippen MR) is 97.5 cm³/mol. The summed E-state index contributed by atoms with van der Waals surface area (Å²) in [5.74, 6) is -0.431. The molecule has 3 rings (SSSR count). The van der Waals surface area contributed by atoms with Crippen LogP contribution in [-0.4, -0.2) is 50.8 Å². The SMILES string of the molecule is CC[C@H]1CN(C(=O)c2ncccc2O)CCC(=O)N1Cc1ccccc1. The smallest absolute Gasteiger partial charge is 0.276 e. The van der Waals surface area contributed by atoms with Crippen LogP contribution in [0.25, 0.3) is 0 Å². The Kier molecular flexibility index (Phi) is 5.51. The Bertz CT molecular complexity index is 779. The minimum absolute atomic E-state index is 0.0336. The highest BCUT2D eigenvalue weighted by Gasteiger charge is 2.32. The van der Waals surface area contributed by atoms with Crippen molar-refractivity contribution in [1.82, 2.24) is 14.8 Å². The molecule has 2 aromatic rings. The predicted octanol–water partition coefficient (Wildman–Crippen LogP) is 2.44. The fraction of sp³-hybridized carbons (Fsp3) is 0.350. The summed E-state index contributed by atoms with van der Waals surface area (Å²) >= 11 is 0. The lowest BCUT2D eigenvalue weighted by atomic mass is 10.1. The Labute approximate surface area is 153 Å². The number of benzene rings is 1. The molecule has 1 aliphatic rings. The number of hydrogen-bond donors (Lipinski definition) is 1. The summed E-state index contributed by atoms with van der Waals surface area (Å²) < 4.78 is 0. The maximum Gasteiger partial charge on any atom is 0.276 e. The van der Waals surface area contributed by atoms with Crippen LogP contribution in [-0.2, 0) is 11.3 Å². The van der Waals surface area contributed by atoms with Gasteiger partial charge in [0.1, 0.15) is 5.75 Å². The van der Waals surface area contributed by atoms with Gasteiger partial charge in [-0.3, -0.25) is 9.59 Å². The molecule has 1 aliphatic heterocycles. The highest BCUT2D eigenvalue weighted by atomic mass is 16.3. The molecule has 0 spiro atoms. The van der Waals surface area contributed by atoms with Crippen molar-refractivity contribution in [1.29, 1.82) is 0 Å². The van der Waals surface area contributed by atoms with Gasteiger partial charge in [0.15, 0.2) is 5.69 Å². The van der Waals surface area contributed by atoms with Crippen molar-refractivity contribution in [3.8, 4) is 5.75 Å². The standard InChI is InChI=1S/C20H23N3O3/c1-2-16-14-22(20(26)19-17(24)9-6-11-21-19)12-10-18(25)23(16)13-15-7-4-3-5-8-15/h3-9,11,16,24H,2,10,12-14H2,1H3/t16-/m0/s1. The molecule has 1 atom stereocenters. The summed E-state index contributed by atoms with van der Waals surface area (Å²) in [7, 11) is 0. The van der Waals surface area contributed by atoms with E-state index in [-0.39, 0.29) is 35.7 Å². The summed E-state index contributed by atoms with van der Waals surface area (Å²) in [5.41, 5.74) is 1.10. The Hall–Kier alpha value is -2.89. The maximum absolute atomic E-state index is 12.8. The number of aromatic hydroxyl groups is 1. The Morgan fingerprint density at radius 2 is 2.00 bits per heavy atom. The molecule has 6 heteroatoms. The van der Waals surface area contributed by atoms with Crippen LogP contribution in [0.1, 0.15) is 35.8 Å². The highest BCUT2D eigenvalue weighted by Crippen LogP contribution is 2.21. The second-order valence-corrected chi connectivity index (χ2v) is 6.44. The molecule has 2 heterocycles. The third kappa shape index (κ3) is 3.85. The third-order valence-corrected chi connectivity index (χ3v) is 4.73. The molecule has 0 aliphatic carbocycles. The number of rotatable bonds is 4. The van der Waals surface area contributed by atoms with Crippen molar-refractivity contribution >= 4 is 11.8 Å². The first-order chi connectivity index (χ1) is 12.6. The number of hydrogen-bond acceptors (Lipinski definition) is 4. The van der Waals surface area contributed by atoms with Crippen molar-refractivity contribution in [3.63, 3.8) is 0 Å². The number of amides is 2. The van der Waals surface area contributed by atoms with Crippen molar-refractivity contribution in [2.45, 2.75) is 32.4 Å². The summed E-state index contributed by atoms with van der Waals surface area (Å²) in [6, 6.07) is 12.8. The molecule has 1 aromatic heterocycles. The first-order valence-corrected chi connectivity index (χ1v) is 8.86. The van der Waals surface area contributed by atoms with Crippen LogP contribution in [0.2, 0.25) is 0 Å². The Balaban J connectivity index is 1.80. The molecular formula is C20H23N3O3. The van der Waals surface area contributed by atoms with Gasteiger partial charge in [-0.15, -0.1) is 0 Å². The minimum Gasteiger partial charge on any atom is -0.505 e. The molecule has 1 saturated heterocycles. The lowest BCUT2D eigenvalue weighted by Gasteiger charge is -2.31. The fourth-order valence-corrected chi connectivity index (χ4v) is 3.26. The van der Waals surface area contributed by atoms with E-state index in [1.54, 1.807) is 11.0 Å². The zero-order valence-electron chi connectivity index (χ0n) is 14.8. The lowest BCUT2D eigenvalue weighted by Crippen LogP contribution is -2.43. The van der Waals surface area contributed by atoms with Crippen molar-refractivity contribution in [2.24, 2.45) is 0 Å². The molecule has 6 nitrogen and oxygen atoms in total. The van der Waals surface area contributed by atoms with Crippen molar-refractivity contribution < 1.29 is 14.7 Å². The van der Waals surface area contributed by atoms with Gasteiger partial charge in [-0.1, -0.05) is 37.3 Å². The molecule has 136 valence electrons. The zero-order chi connectivity index (χ0) is 18.5. The molecule has 1 fully saturated rings. The number of carbonyl (C=O) groups is 2. The zero-order valence-corrected chi connectivity index (χ0v) is 14.8. The topological polar surface area (TPSA) is 73.7 Å². The average molecular weight is 353 g/mol. The van der Waals surface area contributed by atoms with E-state index in [2.05, 4.69) is 4.98 Å². The van der Waals surface area contributed by atoms with E-state index in [1.165, 1.54) is 12.3 Å². The lowest BCUT2D eigenvalue weighted by molar-refractivity contribution is -0.133. The van der Waals surface area contributed by atoms with E-state index < -0.39 is 0 Å². The van der Waals surface area contributed by atoms with Crippen molar-refractivity contribution in [2.75, 3.05) is 13.1 Å². The molecule has 0 unspecified atom stereocenters. The van der Waals surface area contributed by atoms with Gasteiger partial charge in [0.05, 0.1) is 0 Å². The number of aromatic nitrogens is 1. The molecule has 2 amide bonds. The van der Waals surface area contributed by atoms with E-state index in [0.29, 0.717) is 19.6 Å². The second kappa shape index (κ2) is 7.99. The summed E-state index contributed by atoms with van der Waals surface area (Å²) in [6.07, 6.45) is 2.49. The van der Waals surface area contributed by atoms with Gasteiger partial charge in [0.25, 0.3) is 5.91 Å². The van der Waals surface area contributed by atoms with Crippen LogP contribution in [0.5, 0.6) is 5.75 Å². The molecule has 1 aromatic carbocycles. The van der Waals surface area contributed by atoms with Crippen LogP contribution < -0.4 is 0 Å². The van der Waals surface area contributed by atoms with Gasteiger partial charge in [-0.25, -0.2) is 4.98 Å². The first kappa shape index (κ1) is 17.9. The summed E-state index contributed by atoms with van der Waals surface area (Å²) in [4.78, 5) is 32.9. The van der Waals surface area contributed by atoms with Gasteiger partial charge in [-0.05, 0) is 24.1 Å². The second-order valence-electron chi connectivity index (χ2n) is 6.44.